The Labute approximate surface area is 132 Å². The summed E-state index contributed by atoms with van der Waals surface area (Å²) >= 11 is 3.38. The number of benzene rings is 1. The van der Waals surface area contributed by atoms with Crippen LogP contribution in [0.4, 0.5) is 0 Å². The second kappa shape index (κ2) is 6.91. The van der Waals surface area contributed by atoms with Crippen LogP contribution >= 0.6 is 15.9 Å². The van der Waals surface area contributed by atoms with Gasteiger partial charge in [0.05, 0.1) is 19.4 Å². The molecule has 0 bridgehead atoms. The molecule has 0 spiro atoms. The molecular formula is C16H18BrNO3. The number of nitrogens with zero attached hydrogens (tertiary/aromatic N) is 1. The molecule has 1 heterocycles. The third-order valence-corrected chi connectivity index (χ3v) is 3.80. The van der Waals surface area contributed by atoms with E-state index >= 15 is 0 Å². The van der Waals surface area contributed by atoms with Crippen molar-refractivity contribution in [3.05, 3.63) is 51.3 Å². The Morgan fingerprint density at radius 1 is 1.29 bits per heavy atom. The van der Waals surface area contributed by atoms with Gasteiger partial charge in [0.25, 0.3) is 0 Å². The summed E-state index contributed by atoms with van der Waals surface area (Å²) in [6, 6.07) is 5.55. The summed E-state index contributed by atoms with van der Waals surface area (Å²) in [6.45, 7) is 4.18. The number of halogens is 1. The van der Waals surface area contributed by atoms with E-state index in [-0.39, 0.29) is 6.61 Å². The maximum atomic E-state index is 9.38. The van der Waals surface area contributed by atoms with Crippen LogP contribution in [-0.2, 0) is 13.2 Å². The summed E-state index contributed by atoms with van der Waals surface area (Å²) in [7, 11) is 1.65. The summed E-state index contributed by atoms with van der Waals surface area (Å²) in [5.41, 5.74) is 3.53. The molecule has 5 heteroatoms. The Morgan fingerprint density at radius 3 is 2.71 bits per heavy atom. The molecule has 0 saturated heterocycles. The number of aromatic nitrogens is 1. The third kappa shape index (κ3) is 3.54. The van der Waals surface area contributed by atoms with Crippen molar-refractivity contribution in [2.45, 2.75) is 27.1 Å². The standard InChI is InChI=1S/C16H18BrNO3/c1-10-7-18-14(11(2)16(10)20-3)9-21-15-5-4-13(17)6-12(15)8-19/h4-7,19H,8-9H2,1-3H3. The highest BCUT2D eigenvalue weighted by atomic mass is 79.9. The summed E-state index contributed by atoms with van der Waals surface area (Å²) in [5.74, 6) is 1.49. The second-order valence-electron chi connectivity index (χ2n) is 4.74. The van der Waals surface area contributed by atoms with Crippen molar-refractivity contribution in [2.75, 3.05) is 7.11 Å². The van der Waals surface area contributed by atoms with Gasteiger partial charge in [-0.25, -0.2) is 0 Å². The van der Waals surface area contributed by atoms with E-state index < -0.39 is 0 Å². The zero-order valence-electron chi connectivity index (χ0n) is 12.3. The molecule has 0 fully saturated rings. The van der Waals surface area contributed by atoms with Crippen LogP contribution in [-0.4, -0.2) is 17.2 Å². The Bertz CT molecular complexity index is 644. The SMILES string of the molecule is COc1c(C)cnc(COc2ccc(Br)cc2CO)c1C. The van der Waals surface area contributed by atoms with Crippen molar-refractivity contribution in [2.24, 2.45) is 0 Å². The van der Waals surface area contributed by atoms with Gasteiger partial charge in [-0.05, 0) is 32.0 Å². The summed E-state index contributed by atoms with van der Waals surface area (Å²) in [5, 5.41) is 9.38. The van der Waals surface area contributed by atoms with Gasteiger partial charge in [-0.2, -0.15) is 0 Å². The van der Waals surface area contributed by atoms with Gasteiger partial charge in [0.2, 0.25) is 0 Å². The van der Waals surface area contributed by atoms with E-state index in [2.05, 4.69) is 20.9 Å². The molecule has 0 aliphatic carbocycles. The first-order valence-corrected chi connectivity index (χ1v) is 7.37. The number of methoxy groups -OCH3 is 1. The van der Waals surface area contributed by atoms with Crippen LogP contribution in [0, 0.1) is 13.8 Å². The van der Waals surface area contributed by atoms with E-state index in [1.807, 2.05) is 32.0 Å². The number of rotatable bonds is 5. The molecule has 1 aromatic heterocycles. The molecule has 0 aliphatic rings. The van der Waals surface area contributed by atoms with Gasteiger partial charge in [-0.3, -0.25) is 4.98 Å². The predicted octanol–water partition coefficient (Wildman–Crippen LogP) is 3.54. The number of hydrogen-bond donors (Lipinski definition) is 1. The minimum atomic E-state index is -0.0710. The molecule has 0 saturated carbocycles. The van der Waals surface area contributed by atoms with Gasteiger partial charge in [0.1, 0.15) is 18.1 Å². The monoisotopic (exact) mass is 351 g/mol. The van der Waals surface area contributed by atoms with Crippen LogP contribution in [0.1, 0.15) is 22.4 Å². The lowest BCUT2D eigenvalue weighted by Gasteiger charge is -2.14. The number of aliphatic hydroxyl groups is 1. The van der Waals surface area contributed by atoms with E-state index in [0.717, 1.165) is 32.6 Å². The smallest absolute Gasteiger partial charge is 0.131 e. The highest BCUT2D eigenvalue weighted by Crippen LogP contribution is 2.27. The van der Waals surface area contributed by atoms with Crippen LogP contribution in [0.2, 0.25) is 0 Å². The highest BCUT2D eigenvalue weighted by molar-refractivity contribution is 9.10. The van der Waals surface area contributed by atoms with Gasteiger partial charge < -0.3 is 14.6 Å². The van der Waals surface area contributed by atoms with Crippen LogP contribution in [0.15, 0.2) is 28.9 Å². The van der Waals surface area contributed by atoms with Crippen molar-refractivity contribution >= 4 is 15.9 Å². The van der Waals surface area contributed by atoms with Gasteiger partial charge in [0, 0.05) is 27.4 Å². The fourth-order valence-electron chi connectivity index (χ4n) is 2.18. The molecule has 0 unspecified atom stereocenters. The molecule has 0 atom stereocenters. The van der Waals surface area contributed by atoms with Crippen LogP contribution < -0.4 is 9.47 Å². The second-order valence-corrected chi connectivity index (χ2v) is 5.66. The molecule has 0 aliphatic heterocycles. The van der Waals surface area contributed by atoms with Crippen LogP contribution in [0.25, 0.3) is 0 Å². The average Bonchev–Trinajstić information content (AvgIpc) is 2.48. The Hall–Kier alpha value is -1.59. The molecule has 1 N–H and O–H groups in total. The predicted molar refractivity (Wildman–Crippen MR) is 84.7 cm³/mol. The Morgan fingerprint density at radius 2 is 2.05 bits per heavy atom. The highest BCUT2D eigenvalue weighted by Gasteiger charge is 2.11. The van der Waals surface area contributed by atoms with Crippen molar-refractivity contribution in [1.82, 2.24) is 4.98 Å². The Kier molecular flexibility index (Phi) is 5.20. The van der Waals surface area contributed by atoms with E-state index in [1.54, 1.807) is 13.3 Å². The zero-order chi connectivity index (χ0) is 15.4. The zero-order valence-corrected chi connectivity index (χ0v) is 13.9. The minimum absolute atomic E-state index is 0.0710. The van der Waals surface area contributed by atoms with Crippen LogP contribution in [0.3, 0.4) is 0 Å². The van der Waals surface area contributed by atoms with Gasteiger partial charge in [-0.15, -0.1) is 0 Å². The summed E-state index contributed by atoms with van der Waals surface area (Å²) in [4.78, 5) is 4.40. The molecule has 0 radical (unpaired) electrons. The van der Waals surface area contributed by atoms with Crippen molar-refractivity contribution in [3.63, 3.8) is 0 Å². The molecular weight excluding hydrogens is 334 g/mol. The van der Waals surface area contributed by atoms with Crippen molar-refractivity contribution < 1.29 is 14.6 Å². The average molecular weight is 352 g/mol. The normalized spacial score (nSPS) is 10.5. The first-order valence-electron chi connectivity index (χ1n) is 6.58. The first kappa shape index (κ1) is 15.8. The molecule has 112 valence electrons. The quantitative estimate of drug-likeness (QED) is 0.894. The van der Waals surface area contributed by atoms with Crippen molar-refractivity contribution in [1.29, 1.82) is 0 Å². The first-order chi connectivity index (χ1) is 10.1. The van der Waals surface area contributed by atoms with Gasteiger partial charge in [-0.1, -0.05) is 15.9 Å². The van der Waals surface area contributed by atoms with Crippen molar-refractivity contribution in [3.8, 4) is 11.5 Å². The molecule has 2 aromatic rings. The van der Waals surface area contributed by atoms with E-state index in [9.17, 15) is 5.11 Å². The number of pyridine rings is 1. The van der Waals surface area contributed by atoms with E-state index in [1.165, 1.54) is 0 Å². The summed E-state index contributed by atoms with van der Waals surface area (Å²) in [6.07, 6.45) is 1.78. The minimum Gasteiger partial charge on any atom is -0.496 e. The van der Waals surface area contributed by atoms with E-state index in [4.69, 9.17) is 9.47 Å². The molecule has 1 aromatic carbocycles. The third-order valence-electron chi connectivity index (χ3n) is 3.31. The fraction of sp³-hybridized carbons (Fsp3) is 0.312. The number of ether oxygens (including phenoxy) is 2. The lowest BCUT2D eigenvalue weighted by atomic mass is 10.1. The van der Waals surface area contributed by atoms with Gasteiger partial charge >= 0.3 is 0 Å². The number of aryl methyl sites for hydroxylation is 1. The molecule has 4 nitrogen and oxygen atoms in total. The molecule has 21 heavy (non-hydrogen) atoms. The number of aliphatic hydroxyl groups excluding tert-OH is 1. The lowest BCUT2D eigenvalue weighted by molar-refractivity contribution is 0.257. The topological polar surface area (TPSA) is 51.6 Å². The summed E-state index contributed by atoms with van der Waals surface area (Å²) < 4.78 is 12.1. The largest absolute Gasteiger partial charge is 0.496 e. The molecule has 0 amide bonds. The molecule has 2 rings (SSSR count). The maximum absolute atomic E-state index is 9.38. The maximum Gasteiger partial charge on any atom is 0.131 e. The van der Waals surface area contributed by atoms with E-state index in [0.29, 0.717) is 12.4 Å². The van der Waals surface area contributed by atoms with Gasteiger partial charge in [0.15, 0.2) is 0 Å². The Balaban J connectivity index is 2.21. The fourth-order valence-corrected chi connectivity index (χ4v) is 2.58. The number of hydrogen-bond acceptors (Lipinski definition) is 4. The van der Waals surface area contributed by atoms with Crippen LogP contribution in [0.5, 0.6) is 11.5 Å². The lowest BCUT2D eigenvalue weighted by Crippen LogP contribution is -2.05.